The highest BCUT2D eigenvalue weighted by Crippen LogP contribution is 2.30. The maximum absolute atomic E-state index is 5.33. The van der Waals surface area contributed by atoms with E-state index in [9.17, 15) is 0 Å². The molecule has 1 atom stereocenters. The van der Waals surface area contributed by atoms with Gasteiger partial charge >= 0.3 is 0 Å². The Bertz CT molecular complexity index is 615. The molecule has 1 unspecified atom stereocenters. The van der Waals surface area contributed by atoms with E-state index in [2.05, 4.69) is 49.4 Å². The van der Waals surface area contributed by atoms with Crippen LogP contribution in [0.15, 0.2) is 42.5 Å². The summed E-state index contributed by atoms with van der Waals surface area (Å²) in [6.45, 7) is 2.23. The number of hydrogen-bond donors (Lipinski definition) is 0. The van der Waals surface area contributed by atoms with E-state index in [1.807, 2.05) is 0 Å². The van der Waals surface area contributed by atoms with Crippen LogP contribution in [0.25, 0.3) is 0 Å². The molecule has 0 saturated heterocycles. The molecule has 0 heterocycles. The zero-order valence-corrected chi connectivity index (χ0v) is 13.1. The highest BCUT2D eigenvalue weighted by Gasteiger charge is 2.19. The van der Waals surface area contributed by atoms with Crippen molar-refractivity contribution in [1.29, 1.82) is 0 Å². The van der Waals surface area contributed by atoms with Crippen LogP contribution in [0.5, 0.6) is 5.75 Å². The molecule has 0 N–H and O–H groups in total. The van der Waals surface area contributed by atoms with Crippen LogP contribution < -0.4 is 4.74 Å². The first-order chi connectivity index (χ1) is 10.3. The monoisotopic (exact) mass is 280 g/mol. The zero-order valence-electron chi connectivity index (χ0n) is 13.1. The van der Waals surface area contributed by atoms with E-state index in [0.29, 0.717) is 0 Å². The second-order valence-electron chi connectivity index (χ2n) is 6.12. The number of fused-ring (bicyclic) bond motifs is 1. The Morgan fingerprint density at radius 3 is 2.71 bits per heavy atom. The highest BCUT2D eigenvalue weighted by molar-refractivity contribution is 5.37. The lowest BCUT2D eigenvalue weighted by Gasteiger charge is -2.25. The molecular formula is C20H24O. The van der Waals surface area contributed by atoms with Crippen molar-refractivity contribution in [2.45, 2.75) is 39.0 Å². The van der Waals surface area contributed by atoms with Crippen molar-refractivity contribution >= 4 is 0 Å². The lowest BCUT2D eigenvalue weighted by atomic mass is 9.80. The van der Waals surface area contributed by atoms with Crippen LogP contribution in [0, 0.1) is 5.92 Å². The number of rotatable bonds is 4. The summed E-state index contributed by atoms with van der Waals surface area (Å²) in [5.41, 5.74) is 5.94. The van der Waals surface area contributed by atoms with Crippen LogP contribution in [0.3, 0.4) is 0 Å². The molecule has 0 spiro atoms. The molecule has 1 aliphatic rings. The van der Waals surface area contributed by atoms with Gasteiger partial charge in [0.2, 0.25) is 0 Å². The fourth-order valence-corrected chi connectivity index (χ4v) is 3.42. The van der Waals surface area contributed by atoms with Gasteiger partial charge in [0.25, 0.3) is 0 Å². The molecule has 1 nitrogen and oxygen atoms in total. The first-order valence-corrected chi connectivity index (χ1v) is 8.02. The predicted octanol–water partition coefficient (Wildman–Crippen LogP) is 4.61. The van der Waals surface area contributed by atoms with Crippen molar-refractivity contribution in [1.82, 2.24) is 0 Å². The zero-order chi connectivity index (χ0) is 14.7. The van der Waals surface area contributed by atoms with Gasteiger partial charge < -0.3 is 4.74 Å². The van der Waals surface area contributed by atoms with Gasteiger partial charge in [0.05, 0.1) is 7.11 Å². The minimum Gasteiger partial charge on any atom is -0.497 e. The van der Waals surface area contributed by atoms with E-state index in [1.165, 1.54) is 47.9 Å². The Labute approximate surface area is 128 Å². The molecule has 0 bridgehead atoms. The molecule has 3 rings (SSSR count). The molecular weight excluding hydrogens is 256 g/mol. The molecule has 110 valence electrons. The highest BCUT2D eigenvalue weighted by atomic mass is 16.5. The minimum absolute atomic E-state index is 0.776. The average molecular weight is 280 g/mol. The van der Waals surface area contributed by atoms with E-state index in [-0.39, 0.29) is 0 Å². The van der Waals surface area contributed by atoms with Crippen LogP contribution in [-0.4, -0.2) is 7.11 Å². The Kier molecular flexibility index (Phi) is 4.28. The molecule has 0 saturated carbocycles. The molecule has 21 heavy (non-hydrogen) atoms. The predicted molar refractivity (Wildman–Crippen MR) is 88.0 cm³/mol. The summed E-state index contributed by atoms with van der Waals surface area (Å²) < 4.78 is 5.33. The Balaban J connectivity index is 1.71. The van der Waals surface area contributed by atoms with Crippen molar-refractivity contribution < 1.29 is 4.74 Å². The fraction of sp³-hybridized carbons (Fsp3) is 0.400. The van der Waals surface area contributed by atoms with E-state index in [1.54, 1.807) is 7.11 Å². The number of hydrogen-bond acceptors (Lipinski definition) is 1. The van der Waals surface area contributed by atoms with Gasteiger partial charge in [-0.2, -0.15) is 0 Å². The molecule has 1 aliphatic carbocycles. The van der Waals surface area contributed by atoms with Crippen LogP contribution in [0.2, 0.25) is 0 Å². The van der Waals surface area contributed by atoms with Crippen molar-refractivity contribution in [2.24, 2.45) is 5.92 Å². The van der Waals surface area contributed by atoms with Gasteiger partial charge in [0.15, 0.2) is 0 Å². The SMILES string of the molecule is CCc1cccc(CC2CCc3cc(OC)ccc3C2)c1. The van der Waals surface area contributed by atoms with Gasteiger partial charge in [-0.05, 0) is 72.4 Å². The largest absolute Gasteiger partial charge is 0.497 e. The molecule has 1 heteroatoms. The van der Waals surface area contributed by atoms with Crippen molar-refractivity contribution in [3.63, 3.8) is 0 Å². The molecule has 2 aromatic rings. The summed E-state index contributed by atoms with van der Waals surface area (Å²) in [5.74, 6) is 1.76. The number of methoxy groups -OCH3 is 1. The van der Waals surface area contributed by atoms with Gasteiger partial charge in [-0.1, -0.05) is 37.3 Å². The van der Waals surface area contributed by atoms with Gasteiger partial charge in [0, 0.05) is 0 Å². The Hall–Kier alpha value is -1.76. The summed E-state index contributed by atoms with van der Waals surface area (Å²) in [5, 5.41) is 0. The van der Waals surface area contributed by atoms with Gasteiger partial charge in [-0.25, -0.2) is 0 Å². The van der Waals surface area contributed by atoms with E-state index in [4.69, 9.17) is 4.74 Å². The van der Waals surface area contributed by atoms with Crippen LogP contribution in [0.4, 0.5) is 0 Å². The number of benzene rings is 2. The van der Waals surface area contributed by atoms with E-state index < -0.39 is 0 Å². The van der Waals surface area contributed by atoms with Gasteiger partial charge in [0.1, 0.15) is 5.75 Å². The van der Waals surface area contributed by atoms with Gasteiger partial charge in [-0.15, -0.1) is 0 Å². The third-order valence-corrected chi connectivity index (χ3v) is 4.67. The third-order valence-electron chi connectivity index (χ3n) is 4.67. The van der Waals surface area contributed by atoms with Crippen LogP contribution in [-0.2, 0) is 25.7 Å². The first-order valence-electron chi connectivity index (χ1n) is 8.02. The topological polar surface area (TPSA) is 9.23 Å². The van der Waals surface area contributed by atoms with Crippen molar-refractivity contribution in [3.8, 4) is 5.75 Å². The Morgan fingerprint density at radius 2 is 1.90 bits per heavy atom. The summed E-state index contributed by atoms with van der Waals surface area (Å²) >= 11 is 0. The van der Waals surface area contributed by atoms with Crippen LogP contribution >= 0.6 is 0 Å². The minimum atomic E-state index is 0.776. The van der Waals surface area contributed by atoms with E-state index >= 15 is 0 Å². The third kappa shape index (κ3) is 3.29. The number of ether oxygens (including phenoxy) is 1. The second kappa shape index (κ2) is 6.34. The molecule has 0 aromatic heterocycles. The Morgan fingerprint density at radius 1 is 1.05 bits per heavy atom. The fourth-order valence-electron chi connectivity index (χ4n) is 3.42. The molecule has 0 radical (unpaired) electrons. The normalized spacial score (nSPS) is 17.3. The van der Waals surface area contributed by atoms with E-state index in [0.717, 1.165) is 18.1 Å². The molecule has 0 amide bonds. The summed E-state index contributed by atoms with van der Waals surface area (Å²) in [7, 11) is 1.74. The second-order valence-corrected chi connectivity index (χ2v) is 6.12. The summed E-state index contributed by atoms with van der Waals surface area (Å²) in [6, 6.07) is 15.7. The lowest BCUT2D eigenvalue weighted by molar-refractivity contribution is 0.410. The van der Waals surface area contributed by atoms with Crippen molar-refractivity contribution in [3.05, 3.63) is 64.7 Å². The standard InChI is InChI=1S/C20H24O/c1-3-15-5-4-6-16(11-15)12-17-7-8-19-14-20(21-2)10-9-18(19)13-17/h4-6,9-11,14,17H,3,7-8,12-13H2,1-2H3. The first kappa shape index (κ1) is 14.2. The average Bonchev–Trinajstić information content (AvgIpc) is 2.54. The van der Waals surface area contributed by atoms with Crippen molar-refractivity contribution in [2.75, 3.05) is 7.11 Å². The maximum atomic E-state index is 5.33. The quantitative estimate of drug-likeness (QED) is 0.795. The van der Waals surface area contributed by atoms with Gasteiger partial charge in [-0.3, -0.25) is 0 Å². The summed E-state index contributed by atoms with van der Waals surface area (Å²) in [6.07, 6.45) is 6.01. The summed E-state index contributed by atoms with van der Waals surface area (Å²) in [4.78, 5) is 0. The molecule has 0 fully saturated rings. The van der Waals surface area contributed by atoms with Crippen LogP contribution in [0.1, 0.15) is 35.6 Å². The smallest absolute Gasteiger partial charge is 0.119 e. The molecule has 2 aromatic carbocycles. The lowest BCUT2D eigenvalue weighted by Crippen LogP contribution is -2.16. The molecule has 0 aliphatic heterocycles. The maximum Gasteiger partial charge on any atom is 0.119 e. The number of aryl methyl sites for hydroxylation is 2.